The topological polar surface area (TPSA) is 139 Å². The number of aliphatic hydroxyl groups is 3. The average molecular weight is 430 g/mol. The number of hydrogen-bond donors (Lipinski definition) is 4. The van der Waals surface area contributed by atoms with E-state index in [9.17, 15) is 25.2 Å². The number of aliphatic hydroxyl groups excluding tert-OH is 3. The number of hydrogen-bond acceptors (Lipinski definition) is 9. The Balaban J connectivity index is 1.85. The zero-order valence-electron chi connectivity index (χ0n) is 16.8. The Hall–Kier alpha value is -3.11. The number of rotatable bonds is 4. The number of fused-ring (bicyclic) bond motifs is 1. The summed E-state index contributed by atoms with van der Waals surface area (Å²) >= 11 is 0. The van der Waals surface area contributed by atoms with Crippen LogP contribution in [0.2, 0.25) is 0 Å². The average Bonchev–Trinajstić information content (AvgIpc) is 2.76. The summed E-state index contributed by atoms with van der Waals surface area (Å²) in [7, 11) is 1.27. The Kier molecular flexibility index (Phi) is 5.59. The van der Waals surface area contributed by atoms with Crippen molar-refractivity contribution in [3.05, 3.63) is 52.7 Å². The molecule has 1 aliphatic heterocycles. The summed E-state index contributed by atoms with van der Waals surface area (Å²) < 4.78 is 22.2. The van der Waals surface area contributed by atoms with Crippen LogP contribution in [0, 0.1) is 0 Å². The van der Waals surface area contributed by atoms with Crippen LogP contribution < -0.4 is 14.9 Å². The fourth-order valence-corrected chi connectivity index (χ4v) is 3.54. The second-order valence-electron chi connectivity index (χ2n) is 7.27. The molecule has 4 N–H and O–H groups in total. The zero-order chi connectivity index (χ0) is 22.3. The Labute approximate surface area is 176 Å². The van der Waals surface area contributed by atoms with Crippen LogP contribution in [-0.4, -0.2) is 58.2 Å². The van der Waals surface area contributed by atoms with Crippen molar-refractivity contribution in [2.75, 3.05) is 7.11 Å². The second-order valence-corrected chi connectivity index (χ2v) is 7.27. The molecule has 3 aromatic rings. The van der Waals surface area contributed by atoms with Crippen molar-refractivity contribution in [2.24, 2.45) is 0 Å². The van der Waals surface area contributed by atoms with Gasteiger partial charge in [-0.3, -0.25) is 4.79 Å². The Morgan fingerprint density at radius 2 is 1.68 bits per heavy atom. The summed E-state index contributed by atoms with van der Waals surface area (Å²) in [5.74, 6) is -0.464. The molecule has 0 spiro atoms. The van der Waals surface area contributed by atoms with Crippen LogP contribution >= 0.6 is 0 Å². The molecule has 0 saturated carbocycles. The molecule has 164 valence electrons. The van der Waals surface area contributed by atoms with E-state index in [2.05, 4.69) is 0 Å². The normalized spacial score (nSPS) is 26.0. The van der Waals surface area contributed by atoms with E-state index in [-0.39, 0.29) is 34.0 Å². The maximum absolute atomic E-state index is 13.0. The lowest BCUT2D eigenvalue weighted by molar-refractivity contribution is -0.268. The lowest BCUT2D eigenvalue weighted by Gasteiger charge is -2.39. The highest BCUT2D eigenvalue weighted by Crippen LogP contribution is 2.43. The van der Waals surface area contributed by atoms with Crippen molar-refractivity contribution in [1.29, 1.82) is 0 Å². The van der Waals surface area contributed by atoms with Gasteiger partial charge in [0.15, 0.2) is 16.9 Å². The Morgan fingerprint density at radius 3 is 2.35 bits per heavy atom. The van der Waals surface area contributed by atoms with Crippen LogP contribution in [0.15, 0.2) is 51.7 Å². The molecule has 0 bridgehead atoms. The third-order valence-electron chi connectivity index (χ3n) is 5.21. The van der Waals surface area contributed by atoms with Crippen LogP contribution in [0.5, 0.6) is 17.2 Å². The highest BCUT2D eigenvalue weighted by atomic mass is 16.7. The maximum atomic E-state index is 13.0. The Bertz CT molecular complexity index is 1140. The molecular formula is C22H22O9. The first-order valence-corrected chi connectivity index (χ1v) is 9.61. The smallest absolute Gasteiger partial charge is 0.229 e. The largest absolute Gasteiger partial charge is 0.504 e. The predicted molar refractivity (Wildman–Crippen MR) is 109 cm³/mol. The molecule has 1 aliphatic rings. The van der Waals surface area contributed by atoms with Gasteiger partial charge in [-0.1, -0.05) is 30.3 Å². The number of phenolic OH excluding ortho intramolecular Hbond substituents is 1. The highest BCUT2D eigenvalue weighted by Gasteiger charge is 2.43. The van der Waals surface area contributed by atoms with E-state index in [0.717, 1.165) is 0 Å². The number of methoxy groups -OCH3 is 1. The van der Waals surface area contributed by atoms with Crippen molar-refractivity contribution in [3.8, 4) is 28.6 Å². The van der Waals surface area contributed by atoms with Crippen molar-refractivity contribution < 1.29 is 39.1 Å². The molecule has 0 aliphatic carbocycles. The second kappa shape index (κ2) is 8.20. The van der Waals surface area contributed by atoms with Gasteiger partial charge in [0.1, 0.15) is 35.0 Å². The number of benzene rings is 2. The van der Waals surface area contributed by atoms with Crippen molar-refractivity contribution in [3.63, 3.8) is 0 Å². The quantitative estimate of drug-likeness (QED) is 0.483. The van der Waals surface area contributed by atoms with Crippen LogP contribution in [0.1, 0.15) is 6.92 Å². The molecule has 5 unspecified atom stereocenters. The molecule has 5 atom stereocenters. The Morgan fingerprint density at radius 1 is 0.968 bits per heavy atom. The minimum absolute atomic E-state index is 0.0265. The van der Waals surface area contributed by atoms with Crippen molar-refractivity contribution in [1.82, 2.24) is 0 Å². The predicted octanol–water partition coefficient (Wildman–Crippen LogP) is 1.38. The minimum Gasteiger partial charge on any atom is -0.504 e. The number of aromatic hydroxyl groups is 1. The van der Waals surface area contributed by atoms with Gasteiger partial charge in [0.05, 0.1) is 13.2 Å². The van der Waals surface area contributed by atoms with E-state index >= 15 is 0 Å². The van der Waals surface area contributed by atoms with Crippen LogP contribution in [0.4, 0.5) is 0 Å². The first-order chi connectivity index (χ1) is 14.8. The van der Waals surface area contributed by atoms with E-state index in [4.69, 9.17) is 18.6 Å². The zero-order valence-corrected chi connectivity index (χ0v) is 16.8. The molecule has 9 nitrogen and oxygen atoms in total. The maximum Gasteiger partial charge on any atom is 0.229 e. The molecule has 9 heteroatoms. The summed E-state index contributed by atoms with van der Waals surface area (Å²) in [6.07, 6.45) is -6.79. The van der Waals surface area contributed by atoms with Gasteiger partial charge in [0.25, 0.3) is 0 Å². The van der Waals surface area contributed by atoms with Gasteiger partial charge < -0.3 is 39.1 Å². The molecule has 1 saturated heterocycles. The molecule has 1 fully saturated rings. The lowest BCUT2D eigenvalue weighted by Crippen LogP contribution is -2.58. The van der Waals surface area contributed by atoms with Gasteiger partial charge in [-0.15, -0.1) is 0 Å². The molecule has 2 aromatic carbocycles. The summed E-state index contributed by atoms with van der Waals surface area (Å²) in [5.41, 5.74) is 0.210. The first-order valence-electron chi connectivity index (χ1n) is 9.61. The van der Waals surface area contributed by atoms with Gasteiger partial charge in [-0.2, -0.15) is 0 Å². The lowest BCUT2D eigenvalue weighted by atomic mass is 10.00. The van der Waals surface area contributed by atoms with Gasteiger partial charge in [-0.25, -0.2) is 0 Å². The molecule has 1 aromatic heterocycles. The van der Waals surface area contributed by atoms with Gasteiger partial charge in [-0.05, 0) is 6.92 Å². The molecule has 31 heavy (non-hydrogen) atoms. The molecule has 4 rings (SSSR count). The summed E-state index contributed by atoms with van der Waals surface area (Å²) in [5, 5.41) is 40.6. The van der Waals surface area contributed by atoms with Crippen LogP contribution in [0.25, 0.3) is 22.3 Å². The highest BCUT2D eigenvalue weighted by molar-refractivity contribution is 5.90. The van der Waals surface area contributed by atoms with Gasteiger partial charge in [0.2, 0.25) is 12.0 Å². The van der Waals surface area contributed by atoms with E-state index in [1.165, 1.54) is 26.2 Å². The fraction of sp³-hybridized carbons (Fsp3) is 0.318. The van der Waals surface area contributed by atoms with Gasteiger partial charge in [0, 0.05) is 17.7 Å². The van der Waals surface area contributed by atoms with E-state index in [1.54, 1.807) is 24.3 Å². The SMILES string of the molecule is COc1c(O)cc2oc(-c3ccccc3)cc(=O)c2c1OC1OC(C)C(O)C(O)C1O. The minimum atomic E-state index is -1.62. The van der Waals surface area contributed by atoms with Crippen LogP contribution in [-0.2, 0) is 4.74 Å². The summed E-state index contributed by atoms with van der Waals surface area (Å²) in [6.45, 7) is 1.49. The van der Waals surface area contributed by atoms with Gasteiger partial charge >= 0.3 is 0 Å². The van der Waals surface area contributed by atoms with Crippen molar-refractivity contribution in [2.45, 2.75) is 37.6 Å². The first kappa shape index (κ1) is 21.1. The number of ether oxygens (including phenoxy) is 3. The fourth-order valence-electron chi connectivity index (χ4n) is 3.54. The monoisotopic (exact) mass is 430 g/mol. The standard InChI is InChI=1S/C22H22O9/c1-10-17(25)18(26)19(27)22(29-10)31-21-16-12(23)8-14(11-6-4-3-5-7-11)30-15(16)9-13(24)20(21)28-2/h3-10,17-19,22,24-27H,1-2H3. The van der Waals surface area contributed by atoms with Crippen LogP contribution in [0.3, 0.4) is 0 Å². The third-order valence-corrected chi connectivity index (χ3v) is 5.21. The molecular weight excluding hydrogens is 408 g/mol. The number of phenols is 1. The summed E-state index contributed by atoms with van der Waals surface area (Å²) in [4.78, 5) is 13.0. The molecule has 2 heterocycles. The molecule has 0 radical (unpaired) electrons. The third kappa shape index (κ3) is 3.72. The van der Waals surface area contributed by atoms with E-state index in [1.807, 2.05) is 6.07 Å². The molecule has 0 amide bonds. The summed E-state index contributed by atoms with van der Waals surface area (Å²) in [6, 6.07) is 11.5. The van der Waals surface area contributed by atoms with E-state index in [0.29, 0.717) is 5.56 Å². The van der Waals surface area contributed by atoms with E-state index < -0.39 is 36.1 Å². The van der Waals surface area contributed by atoms with Crippen molar-refractivity contribution >= 4 is 11.0 Å².